The molecule has 0 spiro atoms. The van der Waals surface area contributed by atoms with Crippen LogP contribution in [0.15, 0.2) is 73.2 Å². The number of pyridine rings is 1. The van der Waals surface area contributed by atoms with Gasteiger partial charge in [0, 0.05) is 25.5 Å². The minimum atomic E-state index is -0.201. The number of rotatable bonds is 6. The maximum absolute atomic E-state index is 5.77. The Morgan fingerprint density at radius 1 is 0.967 bits per heavy atom. The van der Waals surface area contributed by atoms with Crippen molar-refractivity contribution in [2.75, 3.05) is 20.2 Å². The highest BCUT2D eigenvalue weighted by atomic mass is 16.5. The van der Waals surface area contributed by atoms with Crippen LogP contribution in [0, 0.1) is 0 Å². The molecule has 0 amide bonds. The van der Waals surface area contributed by atoms with E-state index >= 15 is 0 Å². The molecule has 0 saturated carbocycles. The number of hydrogen-bond donors (Lipinski definition) is 0. The van der Waals surface area contributed by atoms with E-state index in [9.17, 15) is 0 Å². The van der Waals surface area contributed by atoms with E-state index in [-0.39, 0.29) is 6.10 Å². The molecule has 5 heteroatoms. The molecule has 1 atom stereocenters. The molecule has 5 rings (SSSR count). The van der Waals surface area contributed by atoms with Crippen LogP contribution in [0.5, 0.6) is 0 Å². The number of ether oxygens (including phenoxy) is 1. The molecular weight excluding hydrogens is 372 g/mol. The Hall–Kier alpha value is -3.02. The second-order valence-electron chi connectivity index (χ2n) is 7.89. The molecule has 0 aliphatic carbocycles. The van der Waals surface area contributed by atoms with Gasteiger partial charge in [0.25, 0.3) is 0 Å². The van der Waals surface area contributed by atoms with Crippen molar-refractivity contribution in [3.63, 3.8) is 0 Å². The Bertz CT molecular complexity index is 1130. The quantitative estimate of drug-likeness (QED) is 0.470. The number of methoxy groups -OCH3 is 1. The van der Waals surface area contributed by atoms with Crippen LogP contribution < -0.4 is 0 Å². The fourth-order valence-corrected chi connectivity index (χ4v) is 4.36. The SMILES string of the molecule is COC(c1cccc(-n2cnc3cc(CN4CCCC4)ccc32)c1)c1ccccn1. The Balaban J connectivity index is 1.46. The lowest BCUT2D eigenvalue weighted by molar-refractivity contribution is 0.133. The third-order valence-electron chi connectivity index (χ3n) is 5.86. The summed E-state index contributed by atoms with van der Waals surface area (Å²) in [6, 6.07) is 20.9. The molecule has 0 bridgehead atoms. The van der Waals surface area contributed by atoms with Crippen molar-refractivity contribution in [2.45, 2.75) is 25.5 Å². The fraction of sp³-hybridized carbons (Fsp3) is 0.280. The van der Waals surface area contributed by atoms with Crippen molar-refractivity contribution < 1.29 is 4.74 Å². The van der Waals surface area contributed by atoms with Crippen LogP contribution in [-0.2, 0) is 11.3 Å². The highest BCUT2D eigenvalue weighted by Gasteiger charge is 2.16. The predicted octanol–water partition coefficient (Wildman–Crippen LogP) is 4.75. The molecule has 0 N–H and O–H groups in total. The van der Waals surface area contributed by atoms with Gasteiger partial charge < -0.3 is 4.74 Å². The molecule has 1 aliphatic heterocycles. The molecule has 2 aromatic carbocycles. The molecule has 1 saturated heterocycles. The van der Waals surface area contributed by atoms with Crippen LogP contribution >= 0.6 is 0 Å². The number of nitrogens with zero attached hydrogens (tertiary/aromatic N) is 4. The lowest BCUT2D eigenvalue weighted by Crippen LogP contribution is -2.18. The zero-order valence-corrected chi connectivity index (χ0v) is 17.2. The van der Waals surface area contributed by atoms with Crippen molar-refractivity contribution in [2.24, 2.45) is 0 Å². The average molecular weight is 399 g/mol. The molecule has 1 unspecified atom stereocenters. The summed E-state index contributed by atoms with van der Waals surface area (Å²) in [7, 11) is 1.72. The van der Waals surface area contributed by atoms with Gasteiger partial charge in [0.1, 0.15) is 12.4 Å². The highest BCUT2D eigenvalue weighted by molar-refractivity contribution is 5.78. The Morgan fingerprint density at radius 2 is 1.87 bits per heavy atom. The van der Waals surface area contributed by atoms with Gasteiger partial charge in [0.2, 0.25) is 0 Å². The summed E-state index contributed by atoms with van der Waals surface area (Å²) in [5, 5.41) is 0. The van der Waals surface area contributed by atoms with Gasteiger partial charge in [-0.2, -0.15) is 0 Å². The smallest absolute Gasteiger partial charge is 0.124 e. The van der Waals surface area contributed by atoms with Gasteiger partial charge in [-0.1, -0.05) is 24.3 Å². The maximum atomic E-state index is 5.77. The lowest BCUT2D eigenvalue weighted by Gasteiger charge is -2.16. The first kappa shape index (κ1) is 19.0. The van der Waals surface area contributed by atoms with E-state index in [2.05, 4.69) is 61.9 Å². The zero-order chi connectivity index (χ0) is 20.3. The molecule has 1 aliphatic rings. The molecule has 1 fully saturated rings. The summed E-state index contributed by atoms with van der Waals surface area (Å²) in [5.74, 6) is 0. The molecular formula is C25H26N4O. The average Bonchev–Trinajstić information content (AvgIpc) is 3.45. The molecule has 30 heavy (non-hydrogen) atoms. The van der Waals surface area contributed by atoms with Crippen LogP contribution in [0.1, 0.15) is 35.8 Å². The van der Waals surface area contributed by atoms with Crippen LogP contribution in [0.3, 0.4) is 0 Å². The van der Waals surface area contributed by atoms with E-state index in [0.29, 0.717) is 0 Å². The monoisotopic (exact) mass is 398 g/mol. The minimum absolute atomic E-state index is 0.201. The van der Waals surface area contributed by atoms with Crippen molar-refractivity contribution in [3.8, 4) is 5.69 Å². The summed E-state index contributed by atoms with van der Waals surface area (Å²) in [6.07, 6.45) is 6.14. The number of imidazole rings is 1. The van der Waals surface area contributed by atoms with E-state index < -0.39 is 0 Å². The van der Waals surface area contributed by atoms with Gasteiger partial charge in [-0.3, -0.25) is 14.5 Å². The third-order valence-corrected chi connectivity index (χ3v) is 5.86. The highest BCUT2D eigenvalue weighted by Crippen LogP contribution is 2.27. The van der Waals surface area contributed by atoms with Gasteiger partial charge in [0.05, 0.1) is 16.7 Å². The largest absolute Gasteiger partial charge is 0.370 e. The number of likely N-dealkylation sites (tertiary alicyclic amines) is 1. The van der Waals surface area contributed by atoms with Crippen LogP contribution in [0.4, 0.5) is 0 Å². The molecule has 5 nitrogen and oxygen atoms in total. The predicted molar refractivity (Wildman–Crippen MR) is 119 cm³/mol. The number of fused-ring (bicyclic) bond motifs is 1. The summed E-state index contributed by atoms with van der Waals surface area (Å²) in [4.78, 5) is 11.7. The van der Waals surface area contributed by atoms with Crippen molar-refractivity contribution in [1.29, 1.82) is 0 Å². The van der Waals surface area contributed by atoms with Gasteiger partial charge in [-0.25, -0.2) is 4.98 Å². The number of benzene rings is 2. The summed E-state index contributed by atoms with van der Waals surface area (Å²) in [6.45, 7) is 3.42. The first-order chi connectivity index (χ1) is 14.8. The summed E-state index contributed by atoms with van der Waals surface area (Å²) >= 11 is 0. The second-order valence-corrected chi connectivity index (χ2v) is 7.89. The zero-order valence-electron chi connectivity index (χ0n) is 17.2. The topological polar surface area (TPSA) is 43.2 Å². The summed E-state index contributed by atoms with van der Waals surface area (Å²) in [5.41, 5.74) is 6.52. The van der Waals surface area contributed by atoms with Gasteiger partial charge in [0.15, 0.2) is 0 Å². The van der Waals surface area contributed by atoms with E-state index in [0.717, 1.165) is 34.5 Å². The van der Waals surface area contributed by atoms with E-state index in [1.165, 1.54) is 31.5 Å². The van der Waals surface area contributed by atoms with Crippen molar-refractivity contribution >= 4 is 11.0 Å². The molecule has 2 aromatic heterocycles. The standard InChI is InChI=1S/C25H26N4O/c1-30-25(22-9-2-3-12-26-22)20-7-6-8-21(16-20)29-18-27-23-15-19(10-11-24(23)29)17-28-13-4-5-14-28/h2-3,6-12,15-16,18,25H,4-5,13-14,17H2,1H3. The lowest BCUT2D eigenvalue weighted by atomic mass is 10.0. The van der Waals surface area contributed by atoms with Gasteiger partial charge in [-0.15, -0.1) is 0 Å². The number of aromatic nitrogens is 3. The van der Waals surface area contributed by atoms with Gasteiger partial charge >= 0.3 is 0 Å². The van der Waals surface area contributed by atoms with Crippen LogP contribution in [0.25, 0.3) is 16.7 Å². The Labute approximate surface area is 177 Å². The van der Waals surface area contributed by atoms with E-state index in [1.54, 1.807) is 13.3 Å². The Kier molecular flexibility index (Phi) is 5.30. The van der Waals surface area contributed by atoms with Gasteiger partial charge in [-0.05, 0) is 73.5 Å². The summed E-state index contributed by atoms with van der Waals surface area (Å²) < 4.78 is 7.91. The normalized spacial score (nSPS) is 15.6. The first-order valence-corrected chi connectivity index (χ1v) is 10.5. The fourth-order valence-electron chi connectivity index (χ4n) is 4.36. The van der Waals surface area contributed by atoms with Crippen molar-refractivity contribution in [1.82, 2.24) is 19.4 Å². The molecule has 3 heterocycles. The molecule has 4 aromatic rings. The van der Waals surface area contributed by atoms with Crippen molar-refractivity contribution in [3.05, 3.63) is 90.0 Å². The Morgan fingerprint density at radius 3 is 2.67 bits per heavy atom. The van der Waals surface area contributed by atoms with E-state index in [4.69, 9.17) is 4.74 Å². The third kappa shape index (κ3) is 3.74. The minimum Gasteiger partial charge on any atom is -0.370 e. The first-order valence-electron chi connectivity index (χ1n) is 10.5. The molecule has 152 valence electrons. The van der Waals surface area contributed by atoms with Crippen LogP contribution in [-0.4, -0.2) is 39.6 Å². The molecule has 0 radical (unpaired) electrons. The second kappa shape index (κ2) is 8.38. The van der Waals surface area contributed by atoms with E-state index in [1.807, 2.05) is 24.5 Å². The maximum Gasteiger partial charge on any atom is 0.124 e. The number of hydrogen-bond acceptors (Lipinski definition) is 4. The van der Waals surface area contributed by atoms with Crippen LogP contribution in [0.2, 0.25) is 0 Å².